The average Bonchev–Trinajstić information content (AvgIpc) is 2.55. The lowest BCUT2D eigenvalue weighted by Gasteiger charge is -2.17. The number of nitrogens with one attached hydrogen (secondary N) is 1. The first-order chi connectivity index (χ1) is 11.0. The van der Waals surface area contributed by atoms with Crippen LogP contribution in [0.15, 0.2) is 24.3 Å². The zero-order valence-corrected chi connectivity index (χ0v) is 14.0. The Labute approximate surface area is 137 Å². The molecule has 0 fully saturated rings. The Balaban J connectivity index is 2.61. The zero-order chi connectivity index (χ0) is 17.2. The van der Waals surface area contributed by atoms with E-state index in [4.69, 9.17) is 15.2 Å². The number of rotatable bonds is 9. The van der Waals surface area contributed by atoms with Crippen LogP contribution in [0, 0.1) is 12.8 Å². The molecule has 0 aromatic heterocycles. The lowest BCUT2D eigenvalue weighted by atomic mass is 9.98. The van der Waals surface area contributed by atoms with Crippen molar-refractivity contribution in [2.45, 2.75) is 25.9 Å². The number of methoxy groups -OCH3 is 2. The van der Waals surface area contributed by atoms with Crippen LogP contribution in [0.1, 0.15) is 17.5 Å². The van der Waals surface area contributed by atoms with Crippen LogP contribution in [-0.2, 0) is 25.5 Å². The summed E-state index contributed by atoms with van der Waals surface area (Å²) in [6.07, 6.45) is 0.369. The summed E-state index contributed by atoms with van der Waals surface area (Å²) in [5.41, 5.74) is 7.65. The molecule has 0 aliphatic heterocycles. The third-order valence-electron chi connectivity index (χ3n) is 3.65. The minimum absolute atomic E-state index is 0.172. The number of carbonyl (C=O) groups excluding carboxylic acids is 2. The lowest BCUT2D eigenvalue weighted by molar-refractivity contribution is -0.145. The highest BCUT2D eigenvalue weighted by Gasteiger charge is 2.21. The standard InChI is InChI=1S/C17H26N2O4/c1-12-5-4-6-13(7-12)8-14(17(21)23-3)11-19-16(20)9-15(10-18)22-2/h4-7,14-15H,8-11,18H2,1-3H3,(H,19,20). The number of hydrogen-bond donors (Lipinski definition) is 2. The number of nitrogens with two attached hydrogens (primary N) is 1. The molecule has 6 heteroatoms. The van der Waals surface area contributed by atoms with E-state index in [1.54, 1.807) is 0 Å². The molecule has 0 radical (unpaired) electrons. The van der Waals surface area contributed by atoms with Gasteiger partial charge < -0.3 is 20.5 Å². The van der Waals surface area contributed by atoms with Gasteiger partial charge in [-0.2, -0.15) is 0 Å². The van der Waals surface area contributed by atoms with E-state index in [0.29, 0.717) is 6.42 Å². The maximum absolute atomic E-state index is 11.9. The first-order valence-electron chi connectivity index (χ1n) is 7.63. The van der Waals surface area contributed by atoms with E-state index in [9.17, 15) is 9.59 Å². The fourth-order valence-corrected chi connectivity index (χ4v) is 2.31. The van der Waals surface area contributed by atoms with Crippen LogP contribution in [0.4, 0.5) is 0 Å². The molecule has 0 saturated heterocycles. The van der Waals surface area contributed by atoms with Gasteiger partial charge in [-0.25, -0.2) is 0 Å². The van der Waals surface area contributed by atoms with E-state index in [2.05, 4.69) is 5.32 Å². The molecular weight excluding hydrogens is 296 g/mol. The Bertz CT molecular complexity index is 515. The molecule has 0 aliphatic rings. The van der Waals surface area contributed by atoms with Crippen molar-refractivity contribution in [3.63, 3.8) is 0 Å². The number of carbonyl (C=O) groups is 2. The second-order valence-electron chi connectivity index (χ2n) is 5.51. The van der Waals surface area contributed by atoms with E-state index >= 15 is 0 Å². The number of hydrogen-bond acceptors (Lipinski definition) is 5. The van der Waals surface area contributed by atoms with Crippen molar-refractivity contribution in [3.05, 3.63) is 35.4 Å². The molecule has 0 bridgehead atoms. The molecule has 2 unspecified atom stereocenters. The molecule has 0 aliphatic carbocycles. The van der Waals surface area contributed by atoms with E-state index in [1.165, 1.54) is 14.2 Å². The molecule has 0 heterocycles. The van der Waals surface area contributed by atoms with Gasteiger partial charge in [0.2, 0.25) is 5.91 Å². The number of ether oxygens (including phenoxy) is 2. The zero-order valence-electron chi connectivity index (χ0n) is 14.0. The molecule has 0 spiro atoms. The molecule has 1 aromatic carbocycles. The smallest absolute Gasteiger partial charge is 0.310 e. The summed E-state index contributed by atoms with van der Waals surface area (Å²) in [4.78, 5) is 23.8. The monoisotopic (exact) mass is 322 g/mol. The van der Waals surface area contributed by atoms with Crippen LogP contribution >= 0.6 is 0 Å². The van der Waals surface area contributed by atoms with Gasteiger partial charge in [0.1, 0.15) is 0 Å². The maximum atomic E-state index is 11.9. The first-order valence-corrected chi connectivity index (χ1v) is 7.63. The van der Waals surface area contributed by atoms with E-state index in [0.717, 1.165) is 11.1 Å². The summed E-state index contributed by atoms with van der Waals surface area (Å²) in [5.74, 6) is -0.959. The second kappa shape index (κ2) is 9.97. The molecule has 1 amide bonds. The Kier molecular flexibility index (Phi) is 8.29. The number of amides is 1. The van der Waals surface area contributed by atoms with Gasteiger partial charge in [-0.15, -0.1) is 0 Å². The third-order valence-corrected chi connectivity index (χ3v) is 3.65. The summed E-state index contributed by atoms with van der Waals surface area (Å²) < 4.78 is 9.91. The summed E-state index contributed by atoms with van der Waals surface area (Å²) in [7, 11) is 2.86. The summed E-state index contributed by atoms with van der Waals surface area (Å²) in [5, 5.41) is 2.76. The van der Waals surface area contributed by atoms with Crippen molar-refractivity contribution in [1.82, 2.24) is 5.32 Å². The van der Waals surface area contributed by atoms with Crippen LogP contribution in [0.25, 0.3) is 0 Å². The van der Waals surface area contributed by atoms with Crippen molar-refractivity contribution >= 4 is 11.9 Å². The van der Waals surface area contributed by atoms with Gasteiger partial charge in [0.15, 0.2) is 0 Å². The van der Waals surface area contributed by atoms with Crippen LogP contribution in [0.2, 0.25) is 0 Å². The molecule has 1 aromatic rings. The van der Waals surface area contributed by atoms with Crippen LogP contribution in [0.3, 0.4) is 0 Å². The summed E-state index contributed by atoms with van der Waals surface area (Å²) >= 11 is 0. The highest BCUT2D eigenvalue weighted by atomic mass is 16.5. The van der Waals surface area contributed by atoms with Gasteiger partial charge in [-0.05, 0) is 18.9 Å². The SMILES string of the molecule is COC(=O)C(CNC(=O)CC(CN)OC)Cc1cccc(C)c1. The lowest BCUT2D eigenvalue weighted by Crippen LogP contribution is -2.37. The van der Waals surface area contributed by atoms with Crippen molar-refractivity contribution in [2.24, 2.45) is 11.7 Å². The van der Waals surface area contributed by atoms with Gasteiger partial charge in [0.05, 0.1) is 25.6 Å². The Morgan fingerprint density at radius 1 is 1.30 bits per heavy atom. The fourth-order valence-electron chi connectivity index (χ4n) is 2.31. The average molecular weight is 322 g/mol. The van der Waals surface area contributed by atoms with Crippen LogP contribution < -0.4 is 11.1 Å². The Morgan fingerprint density at radius 2 is 2.04 bits per heavy atom. The molecule has 0 saturated carbocycles. The predicted octanol–water partition coefficient (Wildman–Crippen LogP) is 0.807. The number of esters is 1. The molecule has 2 atom stereocenters. The number of benzene rings is 1. The molecule has 6 nitrogen and oxygen atoms in total. The highest BCUT2D eigenvalue weighted by Crippen LogP contribution is 2.12. The van der Waals surface area contributed by atoms with Gasteiger partial charge in [-0.3, -0.25) is 9.59 Å². The normalized spacial score (nSPS) is 13.2. The number of aryl methyl sites for hydroxylation is 1. The van der Waals surface area contributed by atoms with Crippen molar-refractivity contribution in [2.75, 3.05) is 27.3 Å². The molecule has 128 valence electrons. The fraction of sp³-hybridized carbons (Fsp3) is 0.529. The van der Waals surface area contributed by atoms with Gasteiger partial charge in [0.25, 0.3) is 0 Å². The minimum atomic E-state index is -0.426. The third kappa shape index (κ3) is 6.80. The quantitative estimate of drug-likeness (QED) is 0.657. The molecule has 3 N–H and O–H groups in total. The van der Waals surface area contributed by atoms with Gasteiger partial charge in [-0.1, -0.05) is 29.8 Å². The first kappa shape index (κ1) is 19.1. The predicted molar refractivity (Wildman–Crippen MR) is 87.9 cm³/mol. The Hall–Kier alpha value is -1.92. The summed E-state index contributed by atoms with van der Waals surface area (Å²) in [6.45, 7) is 2.49. The van der Waals surface area contributed by atoms with Crippen molar-refractivity contribution in [1.29, 1.82) is 0 Å². The second-order valence-corrected chi connectivity index (χ2v) is 5.51. The summed E-state index contributed by atoms with van der Waals surface area (Å²) in [6, 6.07) is 7.92. The van der Waals surface area contributed by atoms with E-state index in [1.807, 2.05) is 31.2 Å². The van der Waals surface area contributed by atoms with Gasteiger partial charge in [0, 0.05) is 20.2 Å². The molecule has 23 heavy (non-hydrogen) atoms. The highest BCUT2D eigenvalue weighted by molar-refractivity contribution is 5.78. The molecular formula is C17H26N2O4. The van der Waals surface area contributed by atoms with Crippen molar-refractivity contribution < 1.29 is 19.1 Å². The minimum Gasteiger partial charge on any atom is -0.469 e. The largest absolute Gasteiger partial charge is 0.469 e. The maximum Gasteiger partial charge on any atom is 0.310 e. The molecule has 1 rings (SSSR count). The van der Waals surface area contributed by atoms with Crippen molar-refractivity contribution in [3.8, 4) is 0 Å². The topological polar surface area (TPSA) is 90.7 Å². The Morgan fingerprint density at radius 3 is 2.61 bits per heavy atom. The van der Waals surface area contributed by atoms with Crippen LogP contribution in [-0.4, -0.2) is 45.3 Å². The van der Waals surface area contributed by atoms with Gasteiger partial charge >= 0.3 is 5.97 Å². The van der Waals surface area contributed by atoms with Crippen LogP contribution in [0.5, 0.6) is 0 Å². The van der Waals surface area contributed by atoms with E-state index < -0.39 is 5.92 Å². The van der Waals surface area contributed by atoms with E-state index in [-0.39, 0.29) is 37.5 Å².